The Hall–Kier alpha value is -1.49. The van der Waals surface area contributed by atoms with E-state index in [1.54, 1.807) is 7.11 Å². The molecule has 0 aliphatic heterocycles. The zero-order valence-electron chi connectivity index (χ0n) is 8.66. The van der Waals surface area contributed by atoms with Gasteiger partial charge >= 0.3 is 0 Å². The lowest BCUT2D eigenvalue weighted by atomic mass is 9.99. The van der Waals surface area contributed by atoms with E-state index in [2.05, 4.69) is 13.0 Å². The van der Waals surface area contributed by atoms with Crippen LogP contribution in [0, 0.1) is 17.2 Å². The van der Waals surface area contributed by atoms with Crippen molar-refractivity contribution in [3.63, 3.8) is 0 Å². The Morgan fingerprint density at radius 1 is 1.36 bits per heavy atom. The molecule has 0 spiro atoms. The van der Waals surface area contributed by atoms with Crippen molar-refractivity contribution in [2.24, 2.45) is 5.92 Å². The summed E-state index contributed by atoms with van der Waals surface area (Å²) in [5.74, 6) is 1.30. The molecule has 1 atom stereocenters. The predicted molar refractivity (Wildman–Crippen MR) is 56.1 cm³/mol. The van der Waals surface area contributed by atoms with Gasteiger partial charge in [0.2, 0.25) is 0 Å². The summed E-state index contributed by atoms with van der Waals surface area (Å²) in [5, 5.41) is 8.53. The number of methoxy groups -OCH3 is 1. The molecule has 2 heteroatoms. The smallest absolute Gasteiger partial charge is 0.118 e. The molecule has 0 aliphatic rings. The summed E-state index contributed by atoms with van der Waals surface area (Å²) in [6, 6.07) is 10.2. The van der Waals surface area contributed by atoms with Crippen LogP contribution in [0.15, 0.2) is 24.3 Å². The molecule has 0 aliphatic carbocycles. The first-order valence-electron chi connectivity index (χ1n) is 4.76. The molecular formula is C12H15NO. The molecule has 0 heterocycles. The van der Waals surface area contributed by atoms with Gasteiger partial charge < -0.3 is 4.74 Å². The van der Waals surface area contributed by atoms with Crippen LogP contribution >= 0.6 is 0 Å². The van der Waals surface area contributed by atoms with Crippen LogP contribution in [0.1, 0.15) is 18.9 Å². The first-order chi connectivity index (χ1) is 6.76. The van der Waals surface area contributed by atoms with Crippen LogP contribution in [0.4, 0.5) is 0 Å². The fraction of sp³-hybridized carbons (Fsp3) is 0.417. The highest BCUT2D eigenvalue weighted by Crippen LogP contribution is 2.15. The maximum absolute atomic E-state index is 8.53. The summed E-state index contributed by atoms with van der Waals surface area (Å²) in [6.07, 6.45) is 1.57. The van der Waals surface area contributed by atoms with Crippen molar-refractivity contribution in [3.8, 4) is 11.8 Å². The van der Waals surface area contributed by atoms with Gasteiger partial charge in [0, 0.05) is 6.42 Å². The minimum Gasteiger partial charge on any atom is -0.497 e. The molecule has 0 radical (unpaired) electrons. The molecule has 0 fully saturated rings. The highest BCUT2D eigenvalue weighted by atomic mass is 16.5. The van der Waals surface area contributed by atoms with Crippen LogP contribution in [-0.2, 0) is 6.42 Å². The third-order valence-electron chi connectivity index (χ3n) is 2.18. The third kappa shape index (κ3) is 3.10. The first-order valence-corrected chi connectivity index (χ1v) is 4.76. The molecule has 1 unspecified atom stereocenters. The summed E-state index contributed by atoms with van der Waals surface area (Å²) in [7, 11) is 1.66. The van der Waals surface area contributed by atoms with Gasteiger partial charge in [-0.25, -0.2) is 0 Å². The number of ether oxygens (including phenoxy) is 1. The lowest BCUT2D eigenvalue weighted by Crippen LogP contribution is -1.98. The van der Waals surface area contributed by atoms with Crippen molar-refractivity contribution in [1.82, 2.24) is 0 Å². The van der Waals surface area contributed by atoms with Gasteiger partial charge in [0.1, 0.15) is 5.75 Å². The van der Waals surface area contributed by atoms with Gasteiger partial charge in [-0.05, 0) is 30.0 Å². The standard InChI is InChI=1S/C12H15NO/c1-10(7-8-13)9-11-3-5-12(14-2)6-4-11/h3-6,10H,7,9H2,1-2H3. The lowest BCUT2D eigenvalue weighted by molar-refractivity contribution is 0.414. The summed E-state index contributed by atoms with van der Waals surface area (Å²) in [5.41, 5.74) is 1.26. The zero-order chi connectivity index (χ0) is 10.4. The molecule has 2 nitrogen and oxygen atoms in total. The Kier molecular flexibility index (Phi) is 4.00. The monoisotopic (exact) mass is 189 g/mol. The van der Waals surface area contributed by atoms with Gasteiger partial charge in [0.15, 0.2) is 0 Å². The Morgan fingerprint density at radius 3 is 2.50 bits per heavy atom. The molecule has 0 amide bonds. The second-order valence-corrected chi connectivity index (χ2v) is 3.52. The van der Waals surface area contributed by atoms with Crippen LogP contribution in [-0.4, -0.2) is 7.11 Å². The Balaban J connectivity index is 2.56. The van der Waals surface area contributed by atoms with Crippen LogP contribution in [0.25, 0.3) is 0 Å². The predicted octanol–water partition coefficient (Wildman–Crippen LogP) is 2.79. The van der Waals surface area contributed by atoms with E-state index in [1.165, 1.54) is 5.56 Å². The van der Waals surface area contributed by atoms with E-state index in [9.17, 15) is 0 Å². The van der Waals surface area contributed by atoms with Crippen molar-refractivity contribution in [2.45, 2.75) is 19.8 Å². The number of nitriles is 1. The minimum atomic E-state index is 0.424. The number of rotatable bonds is 4. The van der Waals surface area contributed by atoms with E-state index < -0.39 is 0 Å². The molecule has 14 heavy (non-hydrogen) atoms. The second-order valence-electron chi connectivity index (χ2n) is 3.52. The summed E-state index contributed by atoms with van der Waals surface area (Å²) in [4.78, 5) is 0. The van der Waals surface area contributed by atoms with E-state index in [-0.39, 0.29) is 0 Å². The highest BCUT2D eigenvalue weighted by Gasteiger charge is 2.02. The summed E-state index contributed by atoms with van der Waals surface area (Å²) < 4.78 is 5.07. The highest BCUT2D eigenvalue weighted by molar-refractivity contribution is 5.27. The lowest BCUT2D eigenvalue weighted by Gasteiger charge is -2.07. The van der Waals surface area contributed by atoms with Gasteiger partial charge in [-0.3, -0.25) is 0 Å². The average molecular weight is 189 g/mol. The molecule has 1 rings (SSSR count). The molecule has 1 aromatic rings. The largest absolute Gasteiger partial charge is 0.497 e. The van der Waals surface area contributed by atoms with Crippen molar-refractivity contribution in [1.29, 1.82) is 5.26 Å². The Morgan fingerprint density at radius 2 is 2.00 bits per heavy atom. The van der Waals surface area contributed by atoms with Crippen molar-refractivity contribution in [3.05, 3.63) is 29.8 Å². The molecule has 0 N–H and O–H groups in total. The van der Waals surface area contributed by atoms with E-state index >= 15 is 0 Å². The molecule has 74 valence electrons. The maximum atomic E-state index is 8.53. The Bertz CT molecular complexity index is 310. The van der Waals surface area contributed by atoms with Gasteiger partial charge in [-0.1, -0.05) is 19.1 Å². The van der Waals surface area contributed by atoms with Crippen molar-refractivity contribution < 1.29 is 4.74 Å². The van der Waals surface area contributed by atoms with Crippen LogP contribution in [0.2, 0.25) is 0 Å². The van der Waals surface area contributed by atoms with Gasteiger partial charge in [0.05, 0.1) is 13.2 Å². The SMILES string of the molecule is COc1ccc(CC(C)CC#N)cc1. The van der Waals surface area contributed by atoms with Gasteiger partial charge in [0.25, 0.3) is 0 Å². The number of hydrogen-bond donors (Lipinski definition) is 0. The Labute approximate surface area is 85.1 Å². The van der Waals surface area contributed by atoms with E-state index in [1.807, 2.05) is 24.3 Å². The van der Waals surface area contributed by atoms with Crippen molar-refractivity contribution >= 4 is 0 Å². The summed E-state index contributed by atoms with van der Waals surface area (Å²) >= 11 is 0. The van der Waals surface area contributed by atoms with E-state index in [4.69, 9.17) is 10.00 Å². The quantitative estimate of drug-likeness (QED) is 0.729. The van der Waals surface area contributed by atoms with Gasteiger partial charge in [-0.15, -0.1) is 0 Å². The minimum absolute atomic E-state index is 0.424. The molecule has 0 saturated heterocycles. The van der Waals surface area contributed by atoms with Crippen LogP contribution in [0.5, 0.6) is 5.75 Å². The van der Waals surface area contributed by atoms with Crippen molar-refractivity contribution in [2.75, 3.05) is 7.11 Å². The number of benzene rings is 1. The molecular weight excluding hydrogens is 174 g/mol. The van der Waals surface area contributed by atoms with E-state index in [0.717, 1.165) is 12.2 Å². The molecule has 0 saturated carbocycles. The zero-order valence-corrected chi connectivity index (χ0v) is 8.66. The molecule has 1 aromatic carbocycles. The maximum Gasteiger partial charge on any atom is 0.118 e. The fourth-order valence-electron chi connectivity index (χ4n) is 1.39. The third-order valence-corrected chi connectivity index (χ3v) is 2.18. The molecule has 0 aromatic heterocycles. The topological polar surface area (TPSA) is 33.0 Å². The summed E-state index contributed by atoms with van der Waals surface area (Å²) in [6.45, 7) is 2.09. The first kappa shape index (κ1) is 10.6. The second kappa shape index (κ2) is 5.29. The van der Waals surface area contributed by atoms with Gasteiger partial charge in [-0.2, -0.15) is 5.26 Å². The van der Waals surface area contributed by atoms with Crippen LogP contribution < -0.4 is 4.74 Å². The fourth-order valence-corrected chi connectivity index (χ4v) is 1.39. The van der Waals surface area contributed by atoms with E-state index in [0.29, 0.717) is 12.3 Å². The average Bonchev–Trinajstić information content (AvgIpc) is 2.19. The van der Waals surface area contributed by atoms with Crippen LogP contribution in [0.3, 0.4) is 0 Å². The number of nitrogens with zero attached hydrogens (tertiary/aromatic N) is 1. The molecule has 0 bridgehead atoms. The number of hydrogen-bond acceptors (Lipinski definition) is 2. The normalized spacial score (nSPS) is 11.8.